The third-order valence-corrected chi connectivity index (χ3v) is 6.09. The molecule has 0 amide bonds. The fraction of sp³-hybridized carbons (Fsp3) is 0.750. The number of rotatable bonds is 6. The first-order chi connectivity index (χ1) is 9.56. The number of thiazole rings is 1. The van der Waals surface area contributed by atoms with Gasteiger partial charge in [-0.2, -0.15) is 17.4 Å². The van der Waals surface area contributed by atoms with Crippen molar-refractivity contribution in [2.75, 3.05) is 19.6 Å². The molecule has 1 aliphatic heterocycles. The fourth-order valence-corrected chi connectivity index (χ4v) is 4.82. The fourth-order valence-electron chi connectivity index (χ4n) is 2.41. The van der Waals surface area contributed by atoms with Crippen LogP contribution in [0.15, 0.2) is 11.6 Å². The van der Waals surface area contributed by atoms with Crippen LogP contribution in [0.3, 0.4) is 0 Å². The zero-order valence-corrected chi connectivity index (χ0v) is 13.3. The third-order valence-electron chi connectivity index (χ3n) is 3.60. The number of nitrogens with two attached hydrogens (primary N) is 1. The summed E-state index contributed by atoms with van der Waals surface area (Å²) in [7, 11) is -3.47. The van der Waals surface area contributed by atoms with Crippen LogP contribution in [0, 0.1) is 5.92 Å². The Kier molecular flexibility index (Phi) is 5.50. The summed E-state index contributed by atoms with van der Waals surface area (Å²) in [6.07, 6.45) is 4.26. The molecule has 0 aromatic carbocycles. The minimum atomic E-state index is -3.47. The lowest BCUT2D eigenvalue weighted by Gasteiger charge is -2.32. The molecule has 2 rings (SSSR count). The number of nitrogens with zero attached hydrogens (tertiary/aromatic N) is 2. The molecule has 2 atom stereocenters. The second-order valence-electron chi connectivity index (χ2n) is 5.06. The van der Waals surface area contributed by atoms with Gasteiger partial charge in [-0.1, -0.05) is 6.92 Å². The van der Waals surface area contributed by atoms with E-state index in [4.69, 9.17) is 5.73 Å². The number of piperidine rings is 1. The lowest BCUT2D eigenvalue weighted by Crippen LogP contribution is -2.48. The van der Waals surface area contributed by atoms with E-state index >= 15 is 0 Å². The maximum Gasteiger partial charge on any atom is 0.280 e. The van der Waals surface area contributed by atoms with Gasteiger partial charge < -0.3 is 5.73 Å². The van der Waals surface area contributed by atoms with Gasteiger partial charge in [0.1, 0.15) is 5.01 Å². The van der Waals surface area contributed by atoms with Gasteiger partial charge in [0.15, 0.2) is 0 Å². The van der Waals surface area contributed by atoms with Crippen molar-refractivity contribution < 1.29 is 8.42 Å². The van der Waals surface area contributed by atoms with Crippen molar-refractivity contribution >= 4 is 21.5 Å². The second-order valence-corrected chi connectivity index (χ2v) is 7.68. The molecule has 1 fully saturated rings. The molecule has 114 valence electrons. The predicted octanol–water partition coefficient (Wildman–Crippen LogP) is 1.10. The first-order valence-corrected chi connectivity index (χ1v) is 9.25. The average Bonchev–Trinajstić information content (AvgIpc) is 2.99. The Labute approximate surface area is 124 Å². The highest BCUT2D eigenvalue weighted by molar-refractivity contribution is 7.87. The summed E-state index contributed by atoms with van der Waals surface area (Å²) in [5.41, 5.74) is 5.66. The highest BCUT2D eigenvalue weighted by atomic mass is 32.2. The molecular weight excluding hydrogens is 296 g/mol. The quantitative estimate of drug-likeness (QED) is 0.822. The van der Waals surface area contributed by atoms with Crippen LogP contribution < -0.4 is 10.5 Å². The van der Waals surface area contributed by atoms with E-state index in [1.165, 1.54) is 15.6 Å². The minimum absolute atomic E-state index is 0.252. The van der Waals surface area contributed by atoms with Gasteiger partial charge in [0.05, 0.1) is 6.04 Å². The molecule has 1 aromatic heterocycles. The number of hydrogen-bond donors (Lipinski definition) is 2. The van der Waals surface area contributed by atoms with Crippen LogP contribution in [0.25, 0.3) is 0 Å². The Morgan fingerprint density at radius 2 is 2.45 bits per heavy atom. The van der Waals surface area contributed by atoms with Crippen molar-refractivity contribution in [3.05, 3.63) is 16.6 Å². The zero-order chi connectivity index (χ0) is 14.6. The monoisotopic (exact) mass is 318 g/mol. The van der Waals surface area contributed by atoms with Crippen LogP contribution in [0.1, 0.15) is 37.2 Å². The molecule has 0 spiro atoms. The summed E-state index contributed by atoms with van der Waals surface area (Å²) < 4.78 is 29.2. The molecule has 8 heteroatoms. The average molecular weight is 318 g/mol. The molecule has 6 nitrogen and oxygen atoms in total. The van der Waals surface area contributed by atoms with Crippen LogP contribution in [-0.2, 0) is 10.2 Å². The van der Waals surface area contributed by atoms with Gasteiger partial charge in [-0.15, -0.1) is 11.3 Å². The van der Waals surface area contributed by atoms with Crippen molar-refractivity contribution in [3.8, 4) is 0 Å². The highest BCUT2D eigenvalue weighted by Crippen LogP contribution is 2.23. The molecule has 3 N–H and O–H groups in total. The smallest absolute Gasteiger partial charge is 0.280 e. The Balaban J connectivity index is 2.06. The van der Waals surface area contributed by atoms with E-state index in [9.17, 15) is 8.42 Å². The Bertz CT molecular complexity index is 504. The van der Waals surface area contributed by atoms with Gasteiger partial charge in [0.25, 0.3) is 10.2 Å². The Morgan fingerprint density at radius 3 is 3.05 bits per heavy atom. The van der Waals surface area contributed by atoms with E-state index in [2.05, 4.69) is 9.71 Å². The maximum absolute atomic E-state index is 12.5. The Hall–Kier alpha value is -0.540. The van der Waals surface area contributed by atoms with Crippen LogP contribution in [-0.4, -0.2) is 37.3 Å². The van der Waals surface area contributed by atoms with E-state index in [1.807, 2.05) is 12.3 Å². The van der Waals surface area contributed by atoms with E-state index in [0.29, 0.717) is 26.1 Å². The highest BCUT2D eigenvalue weighted by Gasteiger charge is 2.30. The van der Waals surface area contributed by atoms with Crippen molar-refractivity contribution in [2.45, 2.75) is 32.2 Å². The van der Waals surface area contributed by atoms with Crippen LogP contribution in [0.2, 0.25) is 0 Å². The lowest BCUT2D eigenvalue weighted by atomic mass is 10.0. The predicted molar refractivity (Wildman–Crippen MR) is 80.6 cm³/mol. The topological polar surface area (TPSA) is 88.3 Å². The molecular formula is C12H22N4O2S2. The molecule has 1 saturated heterocycles. The van der Waals surface area contributed by atoms with E-state index in [0.717, 1.165) is 17.8 Å². The summed E-state index contributed by atoms with van der Waals surface area (Å²) in [6, 6.07) is -0.252. The molecule has 2 heterocycles. The van der Waals surface area contributed by atoms with Crippen molar-refractivity contribution in [2.24, 2.45) is 11.7 Å². The van der Waals surface area contributed by atoms with Crippen molar-refractivity contribution in [3.63, 3.8) is 0 Å². The van der Waals surface area contributed by atoms with Gasteiger partial charge in [-0.25, -0.2) is 4.98 Å². The van der Waals surface area contributed by atoms with E-state index in [1.54, 1.807) is 6.20 Å². The summed E-state index contributed by atoms with van der Waals surface area (Å²) in [4.78, 5) is 4.20. The number of aromatic nitrogens is 1. The largest absolute Gasteiger partial charge is 0.330 e. The zero-order valence-electron chi connectivity index (χ0n) is 11.7. The first kappa shape index (κ1) is 15.8. The second kappa shape index (κ2) is 6.95. The third kappa shape index (κ3) is 3.76. The van der Waals surface area contributed by atoms with Crippen molar-refractivity contribution in [1.82, 2.24) is 14.0 Å². The standard InChI is InChI=1S/C12H22N4O2S2/c1-2-11(12-14-5-7-19-12)15-20(17,18)16-6-3-4-10(8-13)9-16/h5,7,10-11,15H,2-4,6,8-9,13H2,1H3. The first-order valence-electron chi connectivity index (χ1n) is 6.93. The molecule has 1 aromatic rings. The summed E-state index contributed by atoms with van der Waals surface area (Å²) in [5.74, 6) is 0.264. The summed E-state index contributed by atoms with van der Waals surface area (Å²) in [5, 5.41) is 2.67. The van der Waals surface area contributed by atoms with Gasteiger partial charge in [0.2, 0.25) is 0 Å². The van der Waals surface area contributed by atoms with Crippen molar-refractivity contribution in [1.29, 1.82) is 0 Å². The summed E-state index contributed by atoms with van der Waals surface area (Å²) in [6.45, 7) is 3.57. The molecule has 0 aliphatic carbocycles. The summed E-state index contributed by atoms with van der Waals surface area (Å²) >= 11 is 1.47. The van der Waals surface area contributed by atoms with Crippen LogP contribution in [0.4, 0.5) is 0 Å². The van der Waals surface area contributed by atoms with Gasteiger partial charge >= 0.3 is 0 Å². The molecule has 0 saturated carbocycles. The Morgan fingerprint density at radius 1 is 1.65 bits per heavy atom. The number of nitrogens with one attached hydrogen (secondary N) is 1. The van der Waals surface area contributed by atoms with E-state index < -0.39 is 10.2 Å². The number of hydrogen-bond acceptors (Lipinski definition) is 5. The SMILES string of the molecule is CCC(NS(=O)(=O)N1CCCC(CN)C1)c1nccs1. The molecule has 0 bridgehead atoms. The van der Waals surface area contributed by atoms with Gasteiger partial charge in [-0.05, 0) is 31.7 Å². The molecule has 20 heavy (non-hydrogen) atoms. The minimum Gasteiger partial charge on any atom is -0.330 e. The normalized spacial score (nSPS) is 22.8. The van der Waals surface area contributed by atoms with Crippen LogP contribution in [0.5, 0.6) is 0 Å². The van der Waals surface area contributed by atoms with Crippen LogP contribution >= 0.6 is 11.3 Å². The van der Waals surface area contributed by atoms with Gasteiger partial charge in [-0.3, -0.25) is 0 Å². The maximum atomic E-state index is 12.5. The van der Waals surface area contributed by atoms with Gasteiger partial charge in [0, 0.05) is 24.7 Å². The van der Waals surface area contributed by atoms with E-state index in [-0.39, 0.29) is 12.0 Å². The molecule has 1 aliphatic rings. The lowest BCUT2D eigenvalue weighted by molar-refractivity contribution is 0.267. The molecule has 2 unspecified atom stereocenters. The molecule has 0 radical (unpaired) electrons.